The lowest BCUT2D eigenvalue weighted by Gasteiger charge is -2.30. The predicted molar refractivity (Wildman–Crippen MR) is 73.9 cm³/mol. The first-order valence-corrected chi connectivity index (χ1v) is 7.13. The summed E-state index contributed by atoms with van der Waals surface area (Å²) in [6.07, 6.45) is -0.985. The van der Waals surface area contributed by atoms with Crippen molar-refractivity contribution in [3.63, 3.8) is 0 Å². The number of nitrogens with zero attached hydrogens (tertiary/aromatic N) is 1. The van der Waals surface area contributed by atoms with Crippen molar-refractivity contribution in [1.29, 1.82) is 0 Å². The van der Waals surface area contributed by atoms with Crippen molar-refractivity contribution in [2.24, 2.45) is 4.99 Å². The van der Waals surface area contributed by atoms with Gasteiger partial charge in [0.1, 0.15) is 6.10 Å². The Kier molecular flexibility index (Phi) is 3.33. The zero-order valence-electron chi connectivity index (χ0n) is 10.5. The van der Waals surface area contributed by atoms with Crippen LogP contribution in [0.3, 0.4) is 0 Å². The third kappa shape index (κ3) is 2.53. The van der Waals surface area contributed by atoms with Crippen LogP contribution in [-0.4, -0.2) is 35.6 Å². The zero-order valence-corrected chi connectivity index (χ0v) is 11.3. The lowest BCUT2D eigenvalue weighted by Crippen LogP contribution is -2.49. The molecule has 1 N–H and O–H groups in total. The van der Waals surface area contributed by atoms with E-state index in [1.165, 1.54) is 0 Å². The van der Waals surface area contributed by atoms with Gasteiger partial charge < -0.3 is 14.8 Å². The van der Waals surface area contributed by atoms with Crippen molar-refractivity contribution in [1.82, 2.24) is 5.32 Å². The monoisotopic (exact) mass is 278 g/mol. The smallest absolute Gasteiger partial charge is 0.270 e. The fraction of sp³-hybridized carbons (Fsp3) is 0.385. The van der Waals surface area contributed by atoms with E-state index >= 15 is 0 Å². The second-order valence-corrected chi connectivity index (χ2v) is 5.42. The highest BCUT2D eigenvalue weighted by atomic mass is 32.2. The molecule has 5 nitrogen and oxygen atoms in total. The minimum Gasteiger partial charge on any atom is -0.482 e. The first-order chi connectivity index (χ1) is 9.24. The highest BCUT2D eigenvalue weighted by molar-refractivity contribution is 8.14. The van der Waals surface area contributed by atoms with Gasteiger partial charge in [-0.15, -0.1) is 0 Å². The molecule has 0 aliphatic carbocycles. The van der Waals surface area contributed by atoms with Crippen LogP contribution in [0.15, 0.2) is 29.3 Å². The van der Waals surface area contributed by atoms with Crippen molar-refractivity contribution < 1.29 is 14.3 Å². The summed E-state index contributed by atoms with van der Waals surface area (Å²) >= 11 is 1.54. The summed E-state index contributed by atoms with van der Waals surface area (Å²) in [5.74, 6) is 1.97. The van der Waals surface area contributed by atoms with Crippen molar-refractivity contribution in [2.45, 2.75) is 19.1 Å². The Morgan fingerprint density at radius 2 is 2.11 bits per heavy atom. The molecule has 0 radical (unpaired) electrons. The van der Waals surface area contributed by atoms with Gasteiger partial charge >= 0.3 is 0 Å². The lowest BCUT2D eigenvalue weighted by molar-refractivity contribution is -0.131. The standard InChI is InChI=1S/C13H14N2O3S/c1-8-11(12(16)15-13-14-6-7-19-13)18-10-5-3-2-4-9(10)17-8/h2-5,8,11H,6-7H2,1H3,(H,14,15,16)/t8-,11-/m1/s1. The van der Waals surface area contributed by atoms with Gasteiger partial charge in [-0.05, 0) is 19.1 Å². The summed E-state index contributed by atoms with van der Waals surface area (Å²) in [5, 5.41) is 3.45. The van der Waals surface area contributed by atoms with E-state index in [1.54, 1.807) is 17.8 Å². The first-order valence-electron chi connectivity index (χ1n) is 6.14. The molecule has 6 heteroatoms. The highest BCUT2D eigenvalue weighted by Gasteiger charge is 2.34. The fourth-order valence-corrected chi connectivity index (χ4v) is 2.72. The van der Waals surface area contributed by atoms with E-state index in [9.17, 15) is 4.79 Å². The molecule has 1 amide bonds. The number of fused-ring (bicyclic) bond motifs is 1. The number of thioether (sulfide) groups is 1. The number of carbonyl (C=O) groups is 1. The van der Waals surface area contributed by atoms with Crippen LogP contribution in [0.1, 0.15) is 6.92 Å². The Balaban J connectivity index is 1.73. The summed E-state index contributed by atoms with van der Waals surface area (Å²) in [5.41, 5.74) is 0. The third-order valence-corrected chi connectivity index (χ3v) is 3.81. The zero-order chi connectivity index (χ0) is 13.2. The topological polar surface area (TPSA) is 59.9 Å². The molecule has 0 saturated heterocycles. The van der Waals surface area contributed by atoms with E-state index in [0.717, 1.165) is 12.3 Å². The van der Waals surface area contributed by atoms with E-state index < -0.39 is 6.10 Å². The molecule has 2 atom stereocenters. The van der Waals surface area contributed by atoms with E-state index in [2.05, 4.69) is 10.3 Å². The van der Waals surface area contributed by atoms with Crippen molar-refractivity contribution in [3.05, 3.63) is 24.3 Å². The SMILES string of the molecule is C[C@H]1Oc2ccccc2O[C@H]1C(=O)NC1=NCCS1. The molecule has 3 rings (SSSR count). The summed E-state index contributed by atoms with van der Waals surface area (Å²) < 4.78 is 11.4. The number of aliphatic imine (C=N–C) groups is 1. The van der Waals surface area contributed by atoms with Crippen LogP contribution >= 0.6 is 11.8 Å². The third-order valence-electron chi connectivity index (χ3n) is 2.92. The number of benzene rings is 1. The van der Waals surface area contributed by atoms with Gasteiger partial charge in [0, 0.05) is 5.75 Å². The number of para-hydroxylation sites is 2. The number of nitrogens with one attached hydrogen (secondary N) is 1. The van der Waals surface area contributed by atoms with Crippen molar-refractivity contribution in [2.75, 3.05) is 12.3 Å². The maximum Gasteiger partial charge on any atom is 0.270 e. The van der Waals surface area contributed by atoms with Crippen LogP contribution in [0, 0.1) is 0 Å². The Morgan fingerprint density at radius 3 is 2.79 bits per heavy atom. The number of rotatable bonds is 1. The van der Waals surface area contributed by atoms with Crippen molar-refractivity contribution >= 4 is 22.8 Å². The molecule has 0 saturated carbocycles. The maximum absolute atomic E-state index is 12.2. The molecular weight excluding hydrogens is 264 g/mol. The average Bonchev–Trinajstić information content (AvgIpc) is 2.90. The fourth-order valence-electron chi connectivity index (χ4n) is 1.99. The summed E-state index contributed by atoms with van der Waals surface area (Å²) in [4.78, 5) is 16.4. The van der Waals surface area contributed by atoms with Gasteiger partial charge in [0.05, 0.1) is 6.54 Å². The Hall–Kier alpha value is -1.69. The number of hydrogen-bond donors (Lipinski definition) is 1. The predicted octanol–water partition coefficient (Wildman–Crippen LogP) is 1.43. The van der Waals surface area contributed by atoms with Gasteiger partial charge in [0.15, 0.2) is 16.7 Å². The van der Waals surface area contributed by atoms with E-state index in [1.807, 2.05) is 25.1 Å². The normalized spacial score (nSPS) is 24.8. The molecule has 1 aromatic rings. The Morgan fingerprint density at radius 1 is 1.37 bits per heavy atom. The summed E-state index contributed by atoms with van der Waals surface area (Å²) in [6.45, 7) is 2.57. The number of amides is 1. The quantitative estimate of drug-likeness (QED) is 0.844. The lowest BCUT2D eigenvalue weighted by atomic mass is 10.1. The van der Waals surface area contributed by atoms with Crippen LogP contribution in [0.5, 0.6) is 11.5 Å². The van der Waals surface area contributed by atoms with Gasteiger partial charge in [-0.3, -0.25) is 9.79 Å². The molecule has 0 bridgehead atoms. The van der Waals surface area contributed by atoms with Crippen LogP contribution < -0.4 is 14.8 Å². The van der Waals surface area contributed by atoms with Crippen LogP contribution in [0.4, 0.5) is 0 Å². The molecule has 0 unspecified atom stereocenters. The van der Waals surface area contributed by atoms with Gasteiger partial charge in [0.2, 0.25) is 6.10 Å². The molecule has 19 heavy (non-hydrogen) atoms. The second-order valence-electron chi connectivity index (χ2n) is 4.33. The van der Waals surface area contributed by atoms with E-state index in [4.69, 9.17) is 9.47 Å². The van der Waals surface area contributed by atoms with Gasteiger partial charge in [-0.2, -0.15) is 0 Å². The van der Waals surface area contributed by atoms with Gasteiger partial charge in [-0.25, -0.2) is 0 Å². The Labute approximate surface area is 115 Å². The molecule has 2 aliphatic rings. The average molecular weight is 278 g/mol. The minimum atomic E-state index is -0.654. The van der Waals surface area contributed by atoms with Gasteiger partial charge in [0.25, 0.3) is 5.91 Å². The summed E-state index contributed by atoms with van der Waals surface area (Å²) in [7, 11) is 0. The highest BCUT2D eigenvalue weighted by Crippen LogP contribution is 2.33. The largest absolute Gasteiger partial charge is 0.482 e. The van der Waals surface area contributed by atoms with Crippen LogP contribution in [0.2, 0.25) is 0 Å². The van der Waals surface area contributed by atoms with Crippen LogP contribution in [-0.2, 0) is 4.79 Å². The number of hydrogen-bond acceptors (Lipinski definition) is 5. The maximum atomic E-state index is 12.2. The van der Waals surface area contributed by atoms with Crippen molar-refractivity contribution in [3.8, 4) is 11.5 Å². The molecular formula is C13H14N2O3S. The van der Waals surface area contributed by atoms with Gasteiger partial charge in [-0.1, -0.05) is 23.9 Å². The number of amidine groups is 1. The molecule has 100 valence electrons. The minimum absolute atomic E-state index is 0.213. The number of carbonyl (C=O) groups excluding carboxylic acids is 1. The van der Waals surface area contributed by atoms with E-state index in [-0.39, 0.29) is 12.0 Å². The summed E-state index contributed by atoms with van der Waals surface area (Å²) in [6, 6.07) is 7.35. The Bertz CT molecular complexity index is 532. The first kappa shape index (κ1) is 12.3. The molecule has 0 fully saturated rings. The molecule has 1 aromatic carbocycles. The second kappa shape index (κ2) is 5.13. The van der Waals surface area contributed by atoms with Crippen LogP contribution in [0.25, 0.3) is 0 Å². The molecule has 2 aliphatic heterocycles. The van der Waals surface area contributed by atoms with E-state index in [0.29, 0.717) is 16.7 Å². The number of ether oxygens (including phenoxy) is 2. The molecule has 2 heterocycles. The molecule has 0 spiro atoms. The molecule has 0 aromatic heterocycles.